The van der Waals surface area contributed by atoms with Gasteiger partial charge in [-0.3, -0.25) is 4.99 Å². The van der Waals surface area contributed by atoms with Crippen molar-refractivity contribution in [2.75, 3.05) is 18.6 Å². The fourth-order valence-corrected chi connectivity index (χ4v) is 4.60. The van der Waals surface area contributed by atoms with Crippen LogP contribution in [0.15, 0.2) is 71.7 Å². The lowest BCUT2D eigenvalue weighted by Gasteiger charge is -2.43. The molecule has 0 atom stereocenters. The van der Waals surface area contributed by atoms with Gasteiger partial charge < -0.3 is 14.4 Å². The van der Waals surface area contributed by atoms with E-state index in [1.807, 2.05) is 54.7 Å². The van der Waals surface area contributed by atoms with Crippen molar-refractivity contribution in [3.63, 3.8) is 0 Å². The van der Waals surface area contributed by atoms with E-state index in [4.69, 9.17) is 21.1 Å². The fourth-order valence-electron chi connectivity index (χ4n) is 4.39. The number of hydrogen-bond acceptors (Lipinski definition) is 4. The lowest BCUT2D eigenvalue weighted by atomic mass is 9.88. The van der Waals surface area contributed by atoms with E-state index in [0.29, 0.717) is 5.02 Å². The summed E-state index contributed by atoms with van der Waals surface area (Å²) in [5.41, 5.74) is 5.35. The normalized spacial score (nSPS) is 14.6. The second kappa shape index (κ2) is 9.94. The van der Waals surface area contributed by atoms with E-state index in [1.165, 1.54) is 16.8 Å². The summed E-state index contributed by atoms with van der Waals surface area (Å²) in [4.78, 5) is 7.09. The van der Waals surface area contributed by atoms with Gasteiger partial charge in [-0.1, -0.05) is 30.7 Å². The molecule has 0 spiro atoms. The highest BCUT2D eigenvalue weighted by molar-refractivity contribution is 6.33. The molecule has 0 radical (unpaired) electrons. The maximum Gasteiger partial charge on any atom is 0.131 e. The van der Waals surface area contributed by atoms with Crippen LogP contribution < -0.4 is 14.4 Å². The van der Waals surface area contributed by atoms with Gasteiger partial charge >= 0.3 is 0 Å². The van der Waals surface area contributed by atoms with Gasteiger partial charge in [0.2, 0.25) is 0 Å². The third-order valence-corrected chi connectivity index (χ3v) is 6.34. The first-order valence-electron chi connectivity index (χ1n) is 11.6. The second-order valence-corrected chi connectivity index (χ2v) is 9.46. The van der Waals surface area contributed by atoms with Gasteiger partial charge in [0.1, 0.15) is 17.2 Å². The molecule has 3 aromatic rings. The zero-order valence-corrected chi connectivity index (χ0v) is 21.2. The number of fused-ring (bicyclic) bond motifs is 1. The summed E-state index contributed by atoms with van der Waals surface area (Å²) in [6, 6.07) is 19.4. The summed E-state index contributed by atoms with van der Waals surface area (Å²) in [6.45, 7) is 9.86. The van der Waals surface area contributed by atoms with Crippen molar-refractivity contribution in [1.82, 2.24) is 0 Å². The Balaban J connectivity index is 1.54. The van der Waals surface area contributed by atoms with Gasteiger partial charge in [-0.05, 0) is 81.3 Å². The molecule has 3 aromatic carbocycles. The summed E-state index contributed by atoms with van der Waals surface area (Å²) in [7, 11) is 1.64. The summed E-state index contributed by atoms with van der Waals surface area (Å²) in [6.07, 6.45) is 5.24. The van der Waals surface area contributed by atoms with Crippen molar-refractivity contribution in [2.24, 2.45) is 4.99 Å². The van der Waals surface area contributed by atoms with E-state index in [0.717, 1.165) is 41.5 Å². The van der Waals surface area contributed by atoms with Crippen LogP contribution in [0.2, 0.25) is 5.02 Å². The minimum absolute atomic E-state index is 0.0409. The molecule has 1 aliphatic rings. The van der Waals surface area contributed by atoms with Crippen LogP contribution in [0.1, 0.15) is 45.2 Å². The maximum atomic E-state index is 6.71. The molecule has 4 rings (SSSR count). The molecule has 0 aliphatic carbocycles. The topological polar surface area (TPSA) is 34.1 Å². The Bertz CT molecular complexity index is 1230. The average Bonchev–Trinajstić information content (AvgIpc) is 2.81. The Kier molecular flexibility index (Phi) is 6.99. The molecule has 0 unspecified atom stereocenters. The Morgan fingerprint density at radius 2 is 1.74 bits per heavy atom. The Hall–Kier alpha value is -3.24. The third-order valence-electron chi connectivity index (χ3n) is 6.01. The largest absolute Gasteiger partial charge is 0.497 e. The summed E-state index contributed by atoms with van der Waals surface area (Å²) < 4.78 is 11.2. The first-order valence-corrected chi connectivity index (χ1v) is 12.0. The summed E-state index contributed by atoms with van der Waals surface area (Å²) in [5, 5.41) is 0.701. The first kappa shape index (κ1) is 23.9. The Labute approximate surface area is 207 Å². The lowest BCUT2D eigenvalue weighted by molar-refractivity contribution is 0.409. The van der Waals surface area contributed by atoms with Gasteiger partial charge in [0.05, 0.1) is 23.4 Å². The lowest BCUT2D eigenvalue weighted by Crippen LogP contribution is -2.45. The molecule has 0 fully saturated rings. The SMILES string of the molecule is CCCN1c2cc(Cl)c(C=Nc3ccc(Oc4cccc(OC)c4)cc3)cc2C(C)=CC1(C)C. The number of allylic oxidation sites excluding steroid dienone is 1. The van der Waals surface area contributed by atoms with Gasteiger partial charge in [0.25, 0.3) is 0 Å². The minimum atomic E-state index is -0.0409. The molecule has 0 saturated heterocycles. The van der Waals surface area contributed by atoms with Gasteiger partial charge in [-0.2, -0.15) is 0 Å². The molecule has 34 heavy (non-hydrogen) atoms. The zero-order valence-electron chi connectivity index (χ0n) is 20.4. The number of anilines is 1. The van der Waals surface area contributed by atoms with Crippen LogP contribution in [-0.2, 0) is 0 Å². The number of benzene rings is 3. The van der Waals surface area contributed by atoms with E-state index in [-0.39, 0.29) is 5.54 Å². The van der Waals surface area contributed by atoms with Crippen LogP contribution in [0.25, 0.3) is 5.57 Å². The first-order chi connectivity index (χ1) is 16.3. The molecule has 1 aliphatic heterocycles. The molecule has 1 heterocycles. The Morgan fingerprint density at radius 3 is 2.44 bits per heavy atom. The highest BCUT2D eigenvalue weighted by Crippen LogP contribution is 2.41. The molecule has 0 aromatic heterocycles. The maximum absolute atomic E-state index is 6.71. The third kappa shape index (κ3) is 5.13. The highest BCUT2D eigenvalue weighted by atomic mass is 35.5. The predicted octanol–water partition coefficient (Wildman–Crippen LogP) is 8.30. The number of aliphatic imine (C=N–C) groups is 1. The van der Waals surface area contributed by atoms with Crippen LogP contribution in [0.4, 0.5) is 11.4 Å². The van der Waals surface area contributed by atoms with Crippen LogP contribution in [-0.4, -0.2) is 25.4 Å². The van der Waals surface area contributed by atoms with Crippen LogP contribution in [0.5, 0.6) is 17.2 Å². The fraction of sp³-hybridized carbons (Fsp3) is 0.276. The minimum Gasteiger partial charge on any atom is -0.497 e. The number of halogens is 1. The number of ether oxygens (including phenoxy) is 2. The summed E-state index contributed by atoms with van der Waals surface area (Å²) in [5.74, 6) is 2.21. The molecule has 4 nitrogen and oxygen atoms in total. The molecule has 5 heteroatoms. The van der Waals surface area contributed by atoms with Crippen molar-refractivity contribution < 1.29 is 9.47 Å². The summed E-state index contributed by atoms with van der Waals surface area (Å²) >= 11 is 6.71. The van der Waals surface area contributed by atoms with Crippen molar-refractivity contribution in [1.29, 1.82) is 0 Å². The van der Waals surface area contributed by atoms with Gasteiger partial charge in [-0.15, -0.1) is 0 Å². The molecule has 176 valence electrons. The number of methoxy groups -OCH3 is 1. The molecule has 0 amide bonds. The van der Waals surface area contributed by atoms with E-state index >= 15 is 0 Å². The monoisotopic (exact) mass is 474 g/mol. The molecule has 0 bridgehead atoms. The number of hydrogen-bond donors (Lipinski definition) is 0. The van der Waals surface area contributed by atoms with Crippen molar-refractivity contribution >= 4 is 34.8 Å². The van der Waals surface area contributed by atoms with Gasteiger partial charge in [-0.25, -0.2) is 0 Å². The zero-order chi connectivity index (χ0) is 24.3. The van der Waals surface area contributed by atoms with E-state index in [9.17, 15) is 0 Å². The van der Waals surface area contributed by atoms with E-state index < -0.39 is 0 Å². The molecular weight excluding hydrogens is 444 g/mol. The second-order valence-electron chi connectivity index (χ2n) is 9.06. The van der Waals surface area contributed by atoms with Crippen molar-refractivity contribution in [3.8, 4) is 17.2 Å². The quantitative estimate of drug-likeness (QED) is 0.323. The van der Waals surface area contributed by atoms with Crippen LogP contribution >= 0.6 is 11.6 Å². The standard InChI is InChI=1S/C29H31ClN2O2/c1-6-14-32-28-17-27(30)21(15-26(28)20(2)18-29(32,3)4)19-31-22-10-12-23(13-11-22)34-25-9-7-8-24(16-25)33-5/h7-13,15-19H,6,14H2,1-5H3. The molecular formula is C29H31ClN2O2. The predicted molar refractivity (Wildman–Crippen MR) is 144 cm³/mol. The Morgan fingerprint density at radius 1 is 1.00 bits per heavy atom. The smallest absolute Gasteiger partial charge is 0.131 e. The number of rotatable bonds is 7. The van der Waals surface area contributed by atoms with E-state index in [1.54, 1.807) is 7.11 Å². The molecule has 0 saturated carbocycles. The van der Waals surface area contributed by atoms with E-state index in [2.05, 4.69) is 55.8 Å². The van der Waals surface area contributed by atoms with Crippen molar-refractivity contribution in [2.45, 2.75) is 39.7 Å². The average molecular weight is 475 g/mol. The number of nitrogens with zero attached hydrogens (tertiary/aromatic N) is 2. The van der Waals surface area contributed by atoms with Crippen LogP contribution in [0.3, 0.4) is 0 Å². The van der Waals surface area contributed by atoms with Crippen molar-refractivity contribution in [3.05, 3.63) is 82.9 Å². The van der Waals surface area contributed by atoms with Crippen LogP contribution in [0, 0.1) is 0 Å². The van der Waals surface area contributed by atoms with Gasteiger partial charge in [0.15, 0.2) is 0 Å². The highest BCUT2D eigenvalue weighted by Gasteiger charge is 2.31. The van der Waals surface area contributed by atoms with Gasteiger partial charge in [0, 0.05) is 35.6 Å². The molecule has 0 N–H and O–H groups in total.